The van der Waals surface area contributed by atoms with Crippen molar-refractivity contribution in [3.05, 3.63) is 0 Å². The Labute approximate surface area is 116 Å². The normalized spacial score (nSPS) is 35.0. The Morgan fingerprint density at radius 3 is 2.40 bits per heavy atom. The molecule has 1 aliphatic heterocycles. The molecule has 7 heteroatoms. The van der Waals surface area contributed by atoms with Gasteiger partial charge in [0.1, 0.15) is 0 Å². The zero-order chi connectivity index (χ0) is 14.8. The average molecular weight is 294 g/mol. The highest BCUT2D eigenvalue weighted by molar-refractivity contribution is 5.79. The van der Waals surface area contributed by atoms with Crippen molar-refractivity contribution in [1.82, 2.24) is 10.6 Å². The quantitative estimate of drug-likeness (QED) is 0.828. The van der Waals surface area contributed by atoms with Crippen LogP contribution in [-0.4, -0.2) is 44.4 Å². The molecule has 0 radical (unpaired) electrons. The third kappa shape index (κ3) is 3.63. The van der Waals surface area contributed by atoms with Crippen LogP contribution in [0.25, 0.3) is 0 Å². The van der Waals surface area contributed by atoms with Crippen molar-refractivity contribution in [3.63, 3.8) is 0 Å². The Balaban J connectivity index is 1.80. The second-order valence-electron chi connectivity index (χ2n) is 5.64. The van der Waals surface area contributed by atoms with Crippen LogP contribution in [0.5, 0.6) is 0 Å². The molecule has 2 N–H and O–H groups in total. The van der Waals surface area contributed by atoms with E-state index in [9.17, 15) is 18.0 Å². The second kappa shape index (κ2) is 6.30. The largest absolute Gasteiger partial charge is 0.391 e. The fourth-order valence-electron chi connectivity index (χ4n) is 3.03. The minimum Gasteiger partial charge on any atom is -0.378 e. The van der Waals surface area contributed by atoms with Crippen molar-refractivity contribution < 1.29 is 22.7 Å². The van der Waals surface area contributed by atoms with Gasteiger partial charge in [-0.05, 0) is 25.7 Å². The lowest BCUT2D eigenvalue weighted by Gasteiger charge is -2.30. The molecule has 0 spiro atoms. The van der Waals surface area contributed by atoms with Crippen molar-refractivity contribution in [1.29, 1.82) is 0 Å². The van der Waals surface area contributed by atoms with Crippen LogP contribution in [0.15, 0.2) is 0 Å². The predicted octanol–water partition coefficient (Wildman–Crippen LogP) is 1.46. The zero-order valence-corrected chi connectivity index (χ0v) is 11.5. The Morgan fingerprint density at radius 2 is 1.85 bits per heavy atom. The maximum Gasteiger partial charge on any atom is 0.391 e. The van der Waals surface area contributed by atoms with E-state index >= 15 is 0 Å². The highest BCUT2D eigenvalue weighted by atomic mass is 19.4. The molecule has 1 heterocycles. The number of carbonyl (C=O) groups is 1. The number of halogens is 3. The Bertz CT molecular complexity index is 341. The number of hydrogen-bond donors (Lipinski definition) is 2. The fraction of sp³-hybridized carbons (Fsp3) is 0.923. The standard InChI is InChI=1S/C13H21F3N2O2/c1-20-11-7-17-6-10(11)18-12(19)8-2-4-9(5-3-8)13(14,15)16/h8-11,17H,2-7H2,1H3,(H,18,19)/t8?,9?,10?,11-/m0/s1. The number of alkyl halides is 3. The molecule has 1 saturated heterocycles. The third-order valence-corrected chi connectivity index (χ3v) is 4.35. The van der Waals surface area contributed by atoms with Gasteiger partial charge in [-0.3, -0.25) is 4.79 Å². The van der Waals surface area contributed by atoms with E-state index in [4.69, 9.17) is 4.74 Å². The molecule has 1 aliphatic carbocycles. The molecule has 1 amide bonds. The van der Waals surface area contributed by atoms with Crippen LogP contribution >= 0.6 is 0 Å². The molecular weight excluding hydrogens is 273 g/mol. The zero-order valence-electron chi connectivity index (χ0n) is 11.5. The summed E-state index contributed by atoms with van der Waals surface area (Å²) in [5.41, 5.74) is 0. The van der Waals surface area contributed by atoms with Gasteiger partial charge in [0.2, 0.25) is 5.91 Å². The van der Waals surface area contributed by atoms with Crippen molar-refractivity contribution in [2.45, 2.75) is 44.0 Å². The average Bonchev–Trinajstić information content (AvgIpc) is 2.85. The summed E-state index contributed by atoms with van der Waals surface area (Å²) >= 11 is 0. The van der Waals surface area contributed by atoms with Crippen LogP contribution in [0.1, 0.15) is 25.7 Å². The van der Waals surface area contributed by atoms with Crippen molar-refractivity contribution in [3.8, 4) is 0 Å². The maximum atomic E-state index is 12.6. The maximum absolute atomic E-state index is 12.6. The van der Waals surface area contributed by atoms with Gasteiger partial charge in [0.25, 0.3) is 0 Å². The van der Waals surface area contributed by atoms with Crippen molar-refractivity contribution in [2.24, 2.45) is 11.8 Å². The first-order chi connectivity index (χ1) is 9.41. The molecule has 0 bridgehead atoms. The summed E-state index contributed by atoms with van der Waals surface area (Å²) < 4.78 is 43.0. The highest BCUT2D eigenvalue weighted by Gasteiger charge is 2.42. The molecule has 2 fully saturated rings. The monoisotopic (exact) mass is 294 g/mol. The molecule has 0 aromatic rings. The molecule has 116 valence electrons. The number of amides is 1. The van der Waals surface area contributed by atoms with Gasteiger partial charge in [-0.25, -0.2) is 0 Å². The van der Waals surface area contributed by atoms with Crippen LogP contribution in [-0.2, 0) is 9.53 Å². The molecule has 2 rings (SSSR count). The van der Waals surface area contributed by atoms with Crippen LogP contribution < -0.4 is 10.6 Å². The molecule has 20 heavy (non-hydrogen) atoms. The van der Waals surface area contributed by atoms with Gasteiger partial charge in [-0.15, -0.1) is 0 Å². The Kier molecular flexibility index (Phi) is 4.90. The van der Waals surface area contributed by atoms with Gasteiger partial charge in [0, 0.05) is 26.1 Å². The van der Waals surface area contributed by atoms with E-state index in [1.165, 1.54) is 0 Å². The van der Waals surface area contributed by atoms with E-state index in [0.717, 1.165) is 0 Å². The lowest BCUT2D eigenvalue weighted by molar-refractivity contribution is -0.184. The second-order valence-corrected chi connectivity index (χ2v) is 5.64. The smallest absolute Gasteiger partial charge is 0.378 e. The SMILES string of the molecule is CO[C@H]1CNCC1NC(=O)C1CCC(C(F)(F)F)CC1. The molecule has 1 saturated carbocycles. The molecule has 0 aromatic heterocycles. The van der Waals surface area contributed by atoms with Crippen LogP contribution in [0.4, 0.5) is 13.2 Å². The number of methoxy groups -OCH3 is 1. The predicted molar refractivity (Wildman–Crippen MR) is 67.1 cm³/mol. The molecule has 2 atom stereocenters. The van der Waals surface area contributed by atoms with E-state index in [-0.39, 0.29) is 36.8 Å². The fourth-order valence-corrected chi connectivity index (χ4v) is 3.03. The lowest BCUT2D eigenvalue weighted by atomic mass is 9.81. The van der Waals surface area contributed by atoms with Crippen LogP contribution in [0.2, 0.25) is 0 Å². The highest BCUT2D eigenvalue weighted by Crippen LogP contribution is 2.39. The van der Waals surface area contributed by atoms with E-state index < -0.39 is 12.1 Å². The summed E-state index contributed by atoms with van der Waals surface area (Å²) in [6.45, 7) is 1.32. The summed E-state index contributed by atoms with van der Waals surface area (Å²) in [4.78, 5) is 12.1. The summed E-state index contributed by atoms with van der Waals surface area (Å²) in [5.74, 6) is -1.68. The van der Waals surface area contributed by atoms with Gasteiger partial charge in [0.15, 0.2) is 0 Å². The Hall–Kier alpha value is -0.820. The number of ether oxygens (including phenoxy) is 1. The topological polar surface area (TPSA) is 50.4 Å². The number of hydrogen-bond acceptors (Lipinski definition) is 3. The van der Waals surface area contributed by atoms with Gasteiger partial charge in [-0.2, -0.15) is 13.2 Å². The molecule has 0 aromatic carbocycles. The molecule has 1 unspecified atom stereocenters. The van der Waals surface area contributed by atoms with E-state index in [1.807, 2.05) is 0 Å². The van der Waals surface area contributed by atoms with Gasteiger partial charge >= 0.3 is 6.18 Å². The van der Waals surface area contributed by atoms with Crippen molar-refractivity contribution >= 4 is 5.91 Å². The summed E-state index contributed by atoms with van der Waals surface area (Å²) in [7, 11) is 1.59. The van der Waals surface area contributed by atoms with E-state index in [0.29, 0.717) is 25.9 Å². The summed E-state index contributed by atoms with van der Waals surface area (Å²) in [5, 5.41) is 6.02. The first kappa shape index (κ1) is 15.6. The number of rotatable bonds is 3. The number of nitrogens with one attached hydrogen (secondary N) is 2. The molecule has 2 aliphatic rings. The van der Waals surface area contributed by atoms with Gasteiger partial charge in [0.05, 0.1) is 18.1 Å². The summed E-state index contributed by atoms with van der Waals surface area (Å²) in [6.07, 6.45) is -3.46. The lowest BCUT2D eigenvalue weighted by Crippen LogP contribution is -2.46. The first-order valence-electron chi connectivity index (χ1n) is 7.02. The molecular formula is C13H21F3N2O2. The van der Waals surface area contributed by atoms with Crippen molar-refractivity contribution in [2.75, 3.05) is 20.2 Å². The van der Waals surface area contributed by atoms with Crippen LogP contribution in [0.3, 0.4) is 0 Å². The van der Waals surface area contributed by atoms with Gasteiger partial charge < -0.3 is 15.4 Å². The van der Waals surface area contributed by atoms with Crippen LogP contribution in [0, 0.1) is 11.8 Å². The van der Waals surface area contributed by atoms with E-state index in [1.54, 1.807) is 7.11 Å². The minimum atomic E-state index is -4.13. The Morgan fingerprint density at radius 1 is 1.20 bits per heavy atom. The summed E-state index contributed by atoms with van der Waals surface area (Å²) in [6, 6.07) is -0.0900. The van der Waals surface area contributed by atoms with E-state index in [2.05, 4.69) is 10.6 Å². The number of carbonyl (C=O) groups excluding carboxylic acids is 1. The molecule has 4 nitrogen and oxygen atoms in total. The first-order valence-corrected chi connectivity index (χ1v) is 7.02. The van der Waals surface area contributed by atoms with Gasteiger partial charge in [-0.1, -0.05) is 0 Å². The minimum absolute atomic E-state index is 0.0538. The third-order valence-electron chi connectivity index (χ3n) is 4.35.